The number of rotatable bonds is 14. The van der Waals surface area contributed by atoms with Crippen LogP contribution in [0.15, 0.2) is 70.1 Å². The largest absolute Gasteiger partial charge is 0.144 e. The molecule has 0 saturated carbocycles. The Bertz CT molecular complexity index is 1770. The third-order valence-corrected chi connectivity index (χ3v) is 14.9. The molecule has 226 valence electrons. The molecule has 0 bridgehead atoms. The van der Waals surface area contributed by atoms with Gasteiger partial charge in [0.05, 0.1) is 9.75 Å². The fourth-order valence-electron chi connectivity index (χ4n) is 6.50. The summed E-state index contributed by atoms with van der Waals surface area (Å²) in [6, 6.07) is 18.3. The van der Waals surface area contributed by atoms with Gasteiger partial charge in [-0.05, 0) is 82.6 Å². The molecule has 0 radical (unpaired) electrons. The monoisotopic (exact) mass is 686 g/mol. The van der Waals surface area contributed by atoms with Crippen LogP contribution in [-0.2, 0) is 12.8 Å². The molecule has 0 amide bonds. The Morgan fingerprint density at radius 2 is 0.841 bits per heavy atom. The summed E-state index contributed by atoms with van der Waals surface area (Å²) in [5.74, 6) is 0. The van der Waals surface area contributed by atoms with Crippen molar-refractivity contribution in [1.29, 1.82) is 0 Å². The maximum absolute atomic E-state index is 2.35. The summed E-state index contributed by atoms with van der Waals surface area (Å²) < 4.78 is 3.11. The van der Waals surface area contributed by atoms with E-state index in [1.165, 1.54) is 115 Å². The van der Waals surface area contributed by atoms with E-state index in [4.69, 9.17) is 0 Å². The lowest BCUT2D eigenvalue weighted by Crippen LogP contribution is -1.98. The Hall–Kier alpha value is -2.06. The molecule has 0 aliphatic rings. The first-order valence-electron chi connectivity index (χ1n) is 16.0. The summed E-state index contributed by atoms with van der Waals surface area (Å²) >= 11 is 11.7. The van der Waals surface area contributed by atoms with E-state index in [2.05, 4.69) is 107 Å². The standard InChI is InChI=1S/C38H38S6/c1-3-5-7-9-15-25-26(16-10-8-6-4-2)36-34(32(28-18-12-22-40-28)38(44-36)30-20-14-24-42-30)33-31(27-17-11-21-39-27)37(43-35(25)33)29-19-13-23-41-29/h11-14,17-24H,3-10,15-16H2,1-2H3. The summed E-state index contributed by atoms with van der Waals surface area (Å²) in [6.07, 6.45) is 12.8. The van der Waals surface area contributed by atoms with Gasteiger partial charge < -0.3 is 0 Å². The number of benzene rings is 1. The van der Waals surface area contributed by atoms with Crippen LogP contribution in [0.25, 0.3) is 60.6 Å². The number of fused-ring (bicyclic) bond motifs is 3. The summed E-state index contributed by atoms with van der Waals surface area (Å²) in [5.41, 5.74) is 6.24. The second kappa shape index (κ2) is 14.1. The van der Waals surface area contributed by atoms with E-state index in [0.717, 1.165) is 0 Å². The van der Waals surface area contributed by atoms with Gasteiger partial charge in [-0.1, -0.05) is 76.6 Å². The minimum absolute atomic E-state index is 1.18. The number of unbranched alkanes of at least 4 members (excludes halogenated alkanes) is 6. The second-order valence-electron chi connectivity index (χ2n) is 11.5. The highest BCUT2D eigenvalue weighted by atomic mass is 32.1. The van der Waals surface area contributed by atoms with Gasteiger partial charge in [0, 0.05) is 50.8 Å². The molecule has 7 rings (SSSR count). The van der Waals surface area contributed by atoms with E-state index >= 15 is 0 Å². The van der Waals surface area contributed by atoms with Crippen molar-refractivity contribution >= 4 is 88.2 Å². The molecule has 6 heteroatoms. The lowest BCUT2D eigenvalue weighted by molar-refractivity contribution is 0.654. The quantitative estimate of drug-likeness (QED) is 0.0999. The Labute approximate surface area is 285 Å². The van der Waals surface area contributed by atoms with Gasteiger partial charge >= 0.3 is 0 Å². The van der Waals surface area contributed by atoms with E-state index in [-0.39, 0.29) is 0 Å². The molecule has 6 aromatic heterocycles. The zero-order chi connectivity index (χ0) is 29.9. The molecule has 0 saturated heterocycles. The Balaban J connectivity index is 1.62. The highest BCUT2D eigenvalue weighted by Crippen LogP contribution is 2.57. The van der Waals surface area contributed by atoms with Crippen LogP contribution in [0.3, 0.4) is 0 Å². The molecule has 0 aliphatic carbocycles. The summed E-state index contributed by atoms with van der Waals surface area (Å²) in [6.45, 7) is 4.65. The first kappa shape index (κ1) is 30.6. The minimum Gasteiger partial charge on any atom is -0.144 e. The van der Waals surface area contributed by atoms with Gasteiger partial charge in [0.25, 0.3) is 0 Å². The van der Waals surface area contributed by atoms with Gasteiger partial charge in [0.1, 0.15) is 0 Å². The molecule has 0 nitrogen and oxygen atoms in total. The molecule has 44 heavy (non-hydrogen) atoms. The summed E-state index contributed by atoms with van der Waals surface area (Å²) in [4.78, 5) is 8.51. The number of hydrogen-bond donors (Lipinski definition) is 0. The van der Waals surface area contributed by atoms with E-state index in [9.17, 15) is 0 Å². The second-order valence-corrected chi connectivity index (χ2v) is 17.3. The molecule has 0 fully saturated rings. The first-order chi connectivity index (χ1) is 21.8. The molecule has 0 atom stereocenters. The molecular formula is C38H38S6. The number of thiophene rings is 6. The van der Waals surface area contributed by atoms with Gasteiger partial charge in [-0.3, -0.25) is 0 Å². The van der Waals surface area contributed by atoms with Crippen LogP contribution in [-0.4, -0.2) is 0 Å². The molecule has 6 heterocycles. The third kappa shape index (κ3) is 5.83. The Morgan fingerprint density at radius 3 is 1.18 bits per heavy atom. The molecule has 0 unspecified atom stereocenters. The Kier molecular flexibility index (Phi) is 9.84. The van der Waals surface area contributed by atoms with Crippen LogP contribution in [0.1, 0.15) is 76.3 Å². The summed E-state index contributed by atoms with van der Waals surface area (Å²) in [5, 5.41) is 12.0. The first-order valence-corrected chi connectivity index (χ1v) is 21.2. The van der Waals surface area contributed by atoms with Crippen LogP contribution in [0, 0.1) is 0 Å². The van der Waals surface area contributed by atoms with Crippen molar-refractivity contribution in [3.63, 3.8) is 0 Å². The average Bonchev–Trinajstić information content (AvgIpc) is 3.88. The fraction of sp³-hybridized carbons (Fsp3) is 0.316. The van der Waals surface area contributed by atoms with E-state index in [1.54, 1.807) is 20.5 Å². The van der Waals surface area contributed by atoms with Gasteiger partial charge in [0.15, 0.2) is 0 Å². The van der Waals surface area contributed by atoms with Crippen molar-refractivity contribution in [3.8, 4) is 40.4 Å². The third-order valence-electron chi connectivity index (χ3n) is 8.56. The molecule has 7 aromatic rings. The van der Waals surface area contributed by atoms with Gasteiger partial charge in [-0.2, -0.15) is 0 Å². The normalized spacial score (nSPS) is 11.9. The summed E-state index contributed by atoms with van der Waals surface area (Å²) in [7, 11) is 0. The molecule has 0 N–H and O–H groups in total. The van der Waals surface area contributed by atoms with Crippen molar-refractivity contribution in [1.82, 2.24) is 0 Å². The lowest BCUT2D eigenvalue weighted by atomic mass is 9.90. The van der Waals surface area contributed by atoms with Crippen molar-refractivity contribution < 1.29 is 0 Å². The molecule has 0 spiro atoms. The highest BCUT2D eigenvalue weighted by Gasteiger charge is 2.29. The van der Waals surface area contributed by atoms with Crippen LogP contribution in [0.5, 0.6) is 0 Å². The Morgan fingerprint density at radius 1 is 0.455 bits per heavy atom. The lowest BCUT2D eigenvalue weighted by Gasteiger charge is -2.15. The average molecular weight is 687 g/mol. The van der Waals surface area contributed by atoms with Crippen LogP contribution in [0.2, 0.25) is 0 Å². The topological polar surface area (TPSA) is 0 Å². The maximum Gasteiger partial charge on any atom is 0.0542 e. The van der Waals surface area contributed by atoms with E-state index in [0.29, 0.717) is 0 Å². The van der Waals surface area contributed by atoms with Crippen LogP contribution in [0.4, 0.5) is 0 Å². The number of aryl methyl sites for hydroxylation is 2. The van der Waals surface area contributed by atoms with Crippen molar-refractivity contribution in [2.24, 2.45) is 0 Å². The molecule has 0 aliphatic heterocycles. The maximum atomic E-state index is 2.35. The molecular weight excluding hydrogens is 649 g/mol. The van der Waals surface area contributed by atoms with E-state index < -0.39 is 0 Å². The predicted molar refractivity (Wildman–Crippen MR) is 206 cm³/mol. The highest BCUT2D eigenvalue weighted by molar-refractivity contribution is 7.29. The van der Waals surface area contributed by atoms with Gasteiger partial charge in [0.2, 0.25) is 0 Å². The van der Waals surface area contributed by atoms with Crippen LogP contribution >= 0.6 is 68.0 Å². The molecule has 1 aromatic carbocycles. The van der Waals surface area contributed by atoms with Crippen LogP contribution < -0.4 is 0 Å². The van der Waals surface area contributed by atoms with Gasteiger partial charge in [-0.15, -0.1) is 68.0 Å². The zero-order valence-corrected chi connectivity index (χ0v) is 30.3. The SMILES string of the molecule is CCCCCCc1c(CCCCCC)c2sc(-c3cccs3)c(-c3cccs3)c2c2c(-c3cccs3)c(-c3cccs3)sc12. The van der Waals surface area contributed by atoms with E-state index in [1.807, 2.05) is 45.3 Å². The van der Waals surface area contributed by atoms with Crippen molar-refractivity contribution in [3.05, 3.63) is 81.2 Å². The minimum atomic E-state index is 1.18. The van der Waals surface area contributed by atoms with Crippen molar-refractivity contribution in [2.75, 3.05) is 0 Å². The predicted octanol–water partition coefficient (Wildman–Crippen LogP) is 15.3. The van der Waals surface area contributed by atoms with Gasteiger partial charge in [-0.25, -0.2) is 0 Å². The number of hydrogen-bond acceptors (Lipinski definition) is 6. The smallest absolute Gasteiger partial charge is 0.0542 e. The zero-order valence-electron chi connectivity index (χ0n) is 25.4. The van der Waals surface area contributed by atoms with Crippen molar-refractivity contribution in [2.45, 2.75) is 78.1 Å². The fourth-order valence-corrected chi connectivity index (χ4v) is 12.8.